The van der Waals surface area contributed by atoms with E-state index in [9.17, 15) is 4.79 Å². The molecule has 0 bridgehead atoms. The molecule has 0 spiro atoms. The molecular formula is C9H13IN2O. The van der Waals surface area contributed by atoms with Crippen molar-refractivity contribution in [2.24, 2.45) is 0 Å². The third kappa shape index (κ3) is 3.53. The minimum absolute atomic E-state index is 0.180. The Labute approximate surface area is 92.6 Å². The summed E-state index contributed by atoms with van der Waals surface area (Å²) in [7, 11) is 0. The molecule has 0 aliphatic carbocycles. The van der Waals surface area contributed by atoms with Crippen LogP contribution >= 0.6 is 22.6 Å². The van der Waals surface area contributed by atoms with Crippen LogP contribution in [-0.4, -0.2) is 48.4 Å². The minimum atomic E-state index is 0.180. The summed E-state index contributed by atoms with van der Waals surface area (Å²) < 4.78 is 2.85. The van der Waals surface area contributed by atoms with Crippen molar-refractivity contribution >= 4 is 28.5 Å². The van der Waals surface area contributed by atoms with E-state index in [2.05, 4.69) is 14.7 Å². The number of carbonyl (C=O) groups is 1. The van der Waals surface area contributed by atoms with E-state index in [1.165, 1.54) is 0 Å². The van der Waals surface area contributed by atoms with Crippen molar-refractivity contribution in [1.29, 1.82) is 0 Å². The molecule has 0 aromatic rings. The third-order valence-corrected chi connectivity index (χ3v) is 2.57. The van der Waals surface area contributed by atoms with Crippen LogP contribution in [0.2, 0.25) is 0 Å². The fraction of sp³-hybridized carbons (Fsp3) is 0.667. The highest BCUT2D eigenvalue weighted by molar-refractivity contribution is 14.1. The zero-order valence-electron chi connectivity index (χ0n) is 7.72. The van der Waals surface area contributed by atoms with E-state index in [-0.39, 0.29) is 5.91 Å². The number of halogens is 1. The summed E-state index contributed by atoms with van der Waals surface area (Å²) in [6, 6.07) is 0. The van der Waals surface area contributed by atoms with Gasteiger partial charge < -0.3 is 4.90 Å². The van der Waals surface area contributed by atoms with Crippen LogP contribution in [0, 0.1) is 9.85 Å². The van der Waals surface area contributed by atoms with Crippen LogP contribution in [0.3, 0.4) is 0 Å². The van der Waals surface area contributed by atoms with Crippen LogP contribution in [0.25, 0.3) is 0 Å². The lowest BCUT2D eigenvalue weighted by Crippen LogP contribution is -2.47. The van der Waals surface area contributed by atoms with Crippen LogP contribution in [0.4, 0.5) is 0 Å². The summed E-state index contributed by atoms with van der Waals surface area (Å²) in [6.45, 7) is 6.04. The second kappa shape index (κ2) is 5.45. The van der Waals surface area contributed by atoms with E-state index in [4.69, 9.17) is 0 Å². The smallest absolute Gasteiger partial charge is 0.219 e. The molecule has 1 fully saturated rings. The summed E-state index contributed by atoms with van der Waals surface area (Å²) in [6.07, 6.45) is 0. The molecule has 1 aliphatic rings. The molecule has 0 radical (unpaired) electrons. The van der Waals surface area contributed by atoms with Crippen LogP contribution in [-0.2, 0) is 4.79 Å². The average Bonchev–Trinajstić information content (AvgIpc) is 2.15. The number of amides is 1. The maximum absolute atomic E-state index is 11.0. The van der Waals surface area contributed by atoms with E-state index in [0.29, 0.717) is 0 Å². The molecule has 0 aromatic heterocycles. The van der Waals surface area contributed by atoms with Crippen molar-refractivity contribution in [2.75, 3.05) is 32.7 Å². The van der Waals surface area contributed by atoms with Crippen LogP contribution < -0.4 is 0 Å². The van der Waals surface area contributed by atoms with Gasteiger partial charge in [0, 0.05) is 55.7 Å². The van der Waals surface area contributed by atoms with Gasteiger partial charge >= 0.3 is 0 Å². The molecule has 1 saturated heterocycles. The van der Waals surface area contributed by atoms with E-state index in [0.717, 1.165) is 32.7 Å². The minimum Gasteiger partial charge on any atom is -0.340 e. The molecule has 0 unspecified atom stereocenters. The number of hydrogen-bond donors (Lipinski definition) is 0. The number of hydrogen-bond acceptors (Lipinski definition) is 2. The zero-order valence-corrected chi connectivity index (χ0v) is 9.87. The Balaban J connectivity index is 2.29. The predicted molar refractivity (Wildman–Crippen MR) is 60.5 cm³/mol. The van der Waals surface area contributed by atoms with Gasteiger partial charge in [-0.1, -0.05) is 5.92 Å². The second-order valence-corrected chi connectivity index (χ2v) is 3.59. The lowest BCUT2D eigenvalue weighted by atomic mass is 10.3. The van der Waals surface area contributed by atoms with Crippen molar-refractivity contribution in [2.45, 2.75) is 6.92 Å². The Hall–Kier alpha value is -0.280. The number of carbonyl (C=O) groups excluding carboxylic acids is 1. The van der Waals surface area contributed by atoms with Gasteiger partial charge in [0.1, 0.15) is 0 Å². The van der Waals surface area contributed by atoms with E-state index < -0.39 is 0 Å². The Morgan fingerprint density at radius 3 is 2.46 bits per heavy atom. The number of nitrogens with zero attached hydrogens (tertiary/aromatic N) is 2. The molecule has 0 N–H and O–H groups in total. The van der Waals surface area contributed by atoms with Crippen molar-refractivity contribution < 1.29 is 4.79 Å². The number of rotatable bonds is 1. The standard InChI is InChI=1S/C9H13IN2O/c1-9(13)12-7-5-11(6-8-12)4-2-3-10/h4-8H2,1H3. The lowest BCUT2D eigenvalue weighted by molar-refractivity contribution is -0.130. The van der Waals surface area contributed by atoms with E-state index >= 15 is 0 Å². The quantitative estimate of drug-likeness (QED) is 0.520. The number of piperazine rings is 1. The fourth-order valence-corrected chi connectivity index (χ4v) is 1.53. The summed E-state index contributed by atoms with van der Waals surface area (Å²) in [5, 5.41) is 0. The summed E-state index contributed by atoms with van der Waals surface area (Å²) in [5.41, 5.74) is 0. The maximum atomic E-state index is 11.0. The topological polar surface area (TPSA) is 23.6 Å². The highest BCUT2D eigenvalue weighted by Gasteiger charge is 2.17. The van der Waals surface area contributed by atoms with Crippen LogP contribution in [0.15, 0.2) is 0 Å². The van der Waals surface area contributed by atoms with Gasteiger partial charge in [-0.15, -0.1) is 0 Å². The van der Waals surface area contributed by atoms with Crippen molar-refractivity contribution in [3.8, 4) is 9.85 Å². The average molecular weight is 292 g/mol. The van der Waals surface area contributed by atoms with E-state index in [1.54, 1.807) is 6.92 Å². The molecule has 1 rings (SSSR count). The molecule has 4 heteroatoms. The highest BCUT2D eigenvalue weighted by atomic mass is 127. The molecule has 13 heavy (non-hydrogen) atoms. The maximum Gasteiger partial charge on any atom is 0.219 e. The monoisotopic (exact) mass is 292 g/mol. The van der Waals surface area contributed by atoms with Gasteiger partial charge in [0.2, 0.25) is 5.91 Å². The first kappa shape index (κ1) is 10.8. The predicted octanol–water partition coefficient (Wildman–Crippen LogP) is 0.546. The van der Waals surface area contributed by atoms with Crippen LogP contribution in [0.5, 0.6) is 0 Å². The first-order valence-electron chi connectivity index (χ1n) is 4.30. The molecule has 1 heterocycles. The van der Waals surface area contributed by atoms with Gasteiger partial charge in [-0.25, -0.2) is 0 Å². The Kier molecular flexibility index (Phi) is 4.53. The summed E-state index contributed by atoms with van der Waals surface area (Å²) in [4.78, 5) is 15.1. The van der Waals surface area contributed by atoms with Crippen LogP contribution in [0.1, 0.15) is 6.92 Å². The van der Waals surface area contributed by atoms with E-state index in [1.807, 2.05) is 27.5 Å². The first-order chi connectivity index (χ1) is 6.24. The van der Waals surface area contributed by atoms with Gasteiger partial charge in [-0.3, -0.25) is 9.69 Å². The second-order valence-electron chi connectivity index (χ2n) is 3.05. The fourth-order valence-electron chi connectivity index (χ4n) is 1.36. The molecule has 1 aliphatic heterocycles. The first-order valence-corrected chi connectivity index (χ1v) is 5.38. The highest BCUT2D eigenvalue weighted by Crippen LogP contribution is 2.00. The van der Waals surface area contributed by atoms with Gasteiger partial charge in [-0.2, -0.15) is 0 Å². The Morgan fingerprint density at radius 2 is 2.00 bits per heavy atom. The van der Waals surface area contributed by atoms with Crippen molar-refractivity contribution in [1.82, 2.24) is 9.80 Å². The van der Waals surface area contributed by atoms with Gasteiger partial charge in [0.05, 0.1) is 6.54 Å². The molecule has 0 saturated carbocycles. The zero-order chi connectivity index (χ0) is 9.68. The molecule has 3 nitrogen and oxygen atoms in total. The normalized spacial score (nSPS) is 17.8. The van der Waals surface area contributed by atoms with Gasteiger partial charge in [0.15, 0.2) is 0 Å². The summed E-state index contributed by atoms with van der Waals surface area (Å²) in [5.74, 6) is 3.20. The lowest BCUT2D eigenvalue weighted by Gasteiger charge is -2.32. The Bertz CT molecular complexity index is 236. The SMILES string of the molecule is CC(=O)N1CCN(CC#CI)CC1. The molecule has 0 aromatic carbocycles. The Morgan fingerprint density at radius 1 is 1.38 bits per heavy atom. The molecule has 72 valence electrons. The van der Waals surface area contributed by atoms with Crippen molar-refractivity contribution in [3.63, 3.8) is 0 Å². The van der Waals surface area contributed by atoms with Gasteiger partial charge in [0.25, 0.3) is 0 Å². The third-order valence-electron chi connectivity index (χ3n) is 2.19. The summed E-state index contributed by atoms with van der Waals surface area (Å²) >= 11 is 2.05. The molecule has 1 amide bonds. The largest absolute Gasteiger partial charge is 0.340 e. The molecular weight excluding hydrogens is 279 g/mol. The van der Waals surface area contributed by atoms with Gasteiger partial charge in [-0.05, 0) is 3.93 Å². The molecule has 0 atom stereocenters. The van der Waals surface area contributed by atoms with Crippen molar-refractivity contribution in [3.05, 3.63) is 0 Å².